The maximum absolute atomic E-state index is 6.20. The zero-order valence-corrected chi connectivity index (χ0v) is 10.8. The van der Waals surface area contributed by atoms with Crippen LogP contribution in [0.1, 0.15) is 78.1 Å². The maximum Gasteiger partial charge on any atom is 0.0336 e. The highest BCUT2D eigenvalue weighted by Gasteiger charge is 2.02. The molecule has 1 atom stereocenters. The quantitative estimate of drug-likeness (QED) is 0.334. The Bertz CT molecular complexity index is 101. The molecule has 1 heteroatoms. The molecule has 0 aliphatic heterocycles. The van der Waals surface area contributed by atoms with E-state index in [1.165, 1.54) is 64.2 Å². The molecule has 0 heterocycles. The van der Waals surface area contributed by atoms with Gasteiger partial charge in [0.2, 0.25) is 0 Å². The predicted octanol–water partition coefficient (Wildman–Crippen LogP) is 5.53. The molecule has 0 radical (unpaired) electrons. The van der Waals surface area contributed by atoms with Crippen molar-refractivity contribution in [1.29, 1.82) is 0 Å². The summed E-state index contributed by atoms with van der Waals surface area (Å²) in [5, 5.41) is 0.445. The highest BCUT2D eigenvalue weighted by molar-refractivity contribution is 6.20. The highest BCUT2D eigenvalue weighted by atomic mass is 35.5. The lowest BCUT2D eigenvalue weighted by molar-refractivity contribution is 0.558. The minimum atomic E-state index is 0.445. The summed E-state index contributed by atoms with van der Waals surface area (Å²) in [6.07, 6.45) is 13.3. The number of hydrogen-bond acceptors (Lipinski definition) is 0. The van der Waals surface area contributed by atoms with Crippen LogP contribution in [0.5, 0.6) is 0 Å². The van der Waals surface area contributed by atoms with Crippen LogP contribution in [0, 0.1) is 0 Å². The summed E-state index contributed by atoms with van der Waals surface area (Å²) < 4.78 is 0. The van der Waals surface area contributed by atoms with Gasteiger partial charge in [0.15, 0.2) is 0 Å². The van der Waals surface area contributed by atoms with E-state index in [9.17, 15) is 0 Å². The first-order chi connectivity index (χ1) is 6.81. The first-order valence-corrected chi connectivity index (χ1v) is 6.89. The minimum absolute atomic E-state index is 0.445. The molecule has 14 heavy (non-hydrogen) atoms. The van der Waals surface area contributed by atoms with E-state index in [4.69, 9.17) is 11.6 Å². The second-order valence-corrected chi connectivity index (χ2v) is 4.91. The standard InChI is InChI=1S/C13H27Cl/c1-3-5-7-8-9-10-12-13(14)11-6-4-2/h13H,3-12H2,1-2H3. The Labute approximate surface area is 95.4 Å². The fraction of sp³-hybridized carbons (Fsp3) is 1.00. The maximum atomic E-state index is 6.20. The Morgan fingerprint density at radius 2 is 1.21 bits per heavy atom. The number of halogens is 1. The predicted molar refractivity (Wildman–Crippen MR) is 67.2 cm³/mol. The van der Waals surface area contributed by atoms with Crippen molar-refractivity contribution in [2.45, 2.75) is 83.4 Å². The first kappa shape index (κ1) is 14.3. The molecule has 0 aromatic heterocycles. The lowest BCUT2D eigenvalue weighted by atomic mass is 10.1. The minimum Gasteiger partial charge on any atom is -0.123 e. The summed E-state index contributed by atoms with van der Waals surface area (Å²) in [5.41, 5.74) is 0. The topological polar surface area (TPSA) is 0 Å². The van der Waals surface area contributed by atoms with Crippen LogP contribution in [0.4, 0.5) is 0 Å². The molecule has 0 aromatic carbocycles. The van der Waals surface area contributed by atoms with E-state index < -0.39 is 0 Å². The average Bonchev–Trinajstić information content (AvgIpc) is 2.20. The van der Waals surface area contributed by atoms with Gasteiger partial charge in [0.05, 0.1) is 0 Å². The van der Waals surface area contributed by atoms with Crippen LogP contribution >= 0.6 is 11.6 Å². The van der Waals surface area contributed by atoms with Crippen molar-refractivity contribution in [3.05, 3.63) is 0 Å². The normalized spacial score (nSPS) is 13.1. The van der Waals surface area contributed by atoms with Gasteiger partial charge in [-0.1, -0.05) is 65.2 Å². The van der Waals surface area contributed by atoms with E-state index in [1.807, 2.05) is 0 Å². The van der Waals surface area contributed by atoms with Gasteiger partial charge in [0.1, 0.15) is 0 Å². The molecule has 0 fully saturated rings. The van der Waals surface area contributed by atoms with E-state index in [2.05, 4.69) is 13.8 Å². The van der Waals surface area contributed by atoms with E-state index >= 15 is 0 Å². The van der Waals surface area contributed by atoms with Gasteiger partial charge in [0, 0.05) is 5.38 Å². The van der Waals surface area contributed by atoms with Crippen molar-refractivity contribution < 1.29 is 0 Å². The third-order valence-corrected chi connectivity index (χ3v) is 3.18. The van der Waals surface area contributed by atoms with Crippen LogP contribution in [0.2, 0.25) is 0 Å². The highest BCUT2D eigenvalue weighted by Crippen LogP contribution is 2.16. The van der Waals surface area contributed by atoms with Crippen LogP contribution in [-0.4, -0.2) is 5.38 Å². The number of hydrogen-bond donors (Lipinski definition) is 0. The molecule has 0 amide bonds. The zero-order chi connectivity index (χ0) is 10.6. The zero-order valence-electron chi connectivity index (χ0n) is 10.0. The van der Waals surface area contributed by atoms with Gasteiger partial charge >= 0.3 is 0 Å². The summed E-state index contributed by atoms with van der Waals surface area (Å²) in [6, 6.07) is 0. The van der Waals surface area contributed by atoms with Gasteiger partial charge in [-0.05, 0) is 12.8 Å². The molecule has 0 nitrogen and oxygen atoms in total. The van der Waals surface area contributed by atoms with Gasteiger partial charge in [-0.3, -0.25) is 0 Å². The monoisotopic (exact) mass is 218 g/mol. The van der Waals surface area contributed by atoms with Crippen molar-refractivity contribution in [2.24, 2.45) is 0 Å². The third-order valence-electron chi connectivity index (χ3n) is 2.74. The molecule has 0 saturated heterocycles. The van der Waals surface area contributed by atoms with E-state index in [0.717, 1.165) is 0 Å². The van der Waals surface area contributed by atoms with Crippen LogP contribution in [-0.2, 0) is 0 Å². The Hall–Kier alpha value is 0.290. The number of unbranched alkanes of at least 4 members (excludes halogenated alkanes) is 6. The van der Waals surface area contributed by atoms with Gasteiger partial charge < -0.3 is 0 Å². The van der Waals surface area contributed by atoms with Crippen molar-refractivity contribution in [1.82, 2.24) is 0 Å². The van der Waals surface area contributed by atoms with Gasteiger partial charge in [-0.15, -0.1) is 11.6 Å². The van der Waals surface area contributed by atoms with Crippen LogP contribution in [0.15, 0.2) is 0 Å². The summed E-state index contributed by atoms with van der Waals surface area (Å²) in [4.78, 5) is 0. The Morgan fingerprint density at radius 1 is 0.714 bits per heavy atom. The molecular formula is C13H27Cl. The number of alkyl halides is 1. The molecule has 0 spiro atoms. The second kappa shape index (κ2) is 11.4. The van der Waals surface area contributed by atoms with Crippen molar-refractivity contribution in [3.8, 4) is 0 Å². The smallest absolute Gasteiger partial charge is 0.0336 e. The average molecular weight is 219 g/mol. The number of rotatable bonds is 10. The van der Waals surface area contributed by atoms with E-state index in [1.54, 1.807) is 0 Å². The van der Waals surface area contributed by atoms with Crippen molar-refractivity contribution >= 4 is 11.6 Å². The van der Waals surface area contributed by atoms with Crippen LogP contribution < -0.4 is 0 Å². The summed E-state index contributed by atoms with van der Waals surface area (Å²) in [6.45, 7) is 4.49. The molecular weight excluding hydrogens is 192 g/mol. The van der Waals surface area contributed by atoms with Crippen LogP contribution in [0.3, 0.4) is 0 Å². The summed E-state index contributed by atoms with van der Waals surface area (Å²) in [7, 11) is 0. The Balaban J connectivity index is 3.02. The first-order valence-electron chi connectivity index (χ1n) is 6.45. The summed E-state index contributed by atoms with van der Waals surface area (Å²) >= 11 is 6.20. The molecule has 86 valence electrons. The third kappa shape index (κ3) is 10.4. The van der Waals surface area contributed by atoms with Crippen molar-refractivity contribution in [2.75, 3.05) is 0 Å². The Morgan fingerprint density at radius 3 is 1.86 bits per heavy atom. The molecule has 0 aliphatic rings. The van der Waals surface area contributed by atoms with Gasteiger partial charge in [-0.2, -0.15) is 0 Å². The lowest BCUT2D eigenvalue weighted by Gasteiger charge is -2.07. The lowest BCUT2D eigenvalue weighted by Crippen LogP contribution is -1.97. The second-order valence-electron chi connectivity index (χ2n) is 4.30. The summed E-state index contributed by atoms with van der Waals surface area (Å²) in [5.74, 6) is 0. The van der Waals surface area contributed by atoms with E-state index in [0.29, 0.717) is 5.38 Å². The fourth-order valence-corrected chi connectivity index (χ4v) is 2.02. The van der Waals surface area contributed by atoms with Crippen LogP contribution in [0.25, 0.3) is 0 Å². The fourth-order valence-electron chi connectivity index (χ4n) is 1.72. The molecule has 0 bridgehead atoms. The molecule has 1 unspecified atom stereocenters. The SMILES string of the molecule is CCCCCCCCC(Cl)CCCC. The largest absolute Gasteiger partial charge is 0.123 e. The Kier molecular flexibility index (Phi) is 11.6. The molecule has 0 aliphatic carbocycles. The van der Waals surface area contributed by atoms with Gasteiger partial charge in [0.25, 0.3) is 0 Å². The van der Waals surface area contributed by atoms with Crippen molar-refractivity contribution in [3.63, 3.8) is 0 Å². The molecule has 0 saturated carbocycles. The molecule has 0 N–H and O–H groups in total. The molecule has 0 rings (SSSR count). The van der Waals surface area contributed by atoms with E-state index in [-0.39, 0.29) is 0 Å². The molecule has 0 aromatic rings. The van der Waals surface area contributed by atoms with Gasteiger partial charge in [-0.25, -0.2) is 0 Å².